The van der Waals surface area contributed by atoms with Crippen LogP contribution in [0, 0.1) is 0 Å². The van der Waals surface area contributed by atoms with Gasteiger partial charge in [-0.1, -0.05) is 26.3 Å². The third-order valence-corrected chi connectivity index (χ3v) is 8.91. The van der Waals surface area contributed by atoms with Crippen LogP contribution in [0.5, 0.6) is 11.5 Å². The van der Waals surface area contributed by atoms with Crippen molar-refractivity contribution in [2.75, 3.05) is 52.9 Å². The molecule has 336 valence electrons. The molecule has 0 saturated heterocycles. The van der Waals surface area contributed by atoms with Gasteiger partial charge in [-0.25, -0.2) is 28.8 Å². The van der Waals surface area contributed by atoms with Gasteiger partial charge < -0.3 is 47.4 Å². The van der Waals surface area contributed by atoms with Crippen molar-refractivity contribution < 1.29 is 76.1 Å². The van der Waals surface area contributed by atoms with Gasteiger partial charge in [0.2, 0.25) is 0 Å². The van der Waals surface area contributed by atoms with Gasteiger partial charge in [-0.3, -0.25) is 0 Å². The van der Waals surface area contributed by atoms with Gasteiger partial charge in [-0.2, -0.15) is 0 Å². The summed E-state index contributed by atoms with van der Waals surface area (Å²) in [6, 6.07) is 12.7. The normalized spacial score (nSPS) is 15.3. The molecule has 2 atom stereocenters. The molecule has 0 radical (unpaired) electrons. The number of unbranched alkanes of at least 4 members (excludes halogenated alkanes) is 2. The summed E-state index contributed by atoms with van der Waals surface area (Å²) in [5.41, 5.74) is 0.656. The maximum absolute atomic E-state index is 12.9. The minimum Gasteiger partial charge on any atom is -0.490 e. The van der Waals surface area contributed by atoms with Gasteiger partial charge in [0, 0.05) is 37.5 Å². The largest absolute Gasteiger partial charge is 0.490 e. The van der Waals surface area contributed by atoms with E-state index in [2.05, 4.69) is 26.3 Å². The van der Waals surface area contributed by atoms with Gasteiger partial charge in [-0.15, -0.1) is 0 Å². The van der Waals surface area contributed by atoms with Crippen molar-refractivity contribution >= 4 is 35.8 Å². The Morgan fingerprint density at radius 1 is 0.484 bits per heavy atom. The lowest BCUT2D eigenvalue weighted by atomic mass is 9.95. The lowest BCUT2D eigenvalue weighted by molar-refractivity contribution is -0.148. The second-order valence-electron chi connectivity index (χ2n) is 13.7. The molecule has 1 fully saturated rings. The maximum atomic E-state index is 12.9. The van der Waals surface area contributed by atoms with Crippen LogP contribution in [0.3, 0.4) is 0 Å². The number of rotatable bonds is 30. The average molecular weight is 865 g/mol. The van der Waals surface area contributed by atoms with Gasteiger partial charge in [0.1, 0.15) is 36.9 Å². The predicted octanol–water partition coefficient (Wildman–Crippen LogP) is 6.02. The Kier molecular flexibility index (Phi) is 23.5. The smallest absolute Gasteiger partial charge is 0.338 e. The quantitative estimate of drug-likeness (QED) is 0.0383. The van der Waals surface area contributed by atoms with Crippen LogP contribution < -0.4 is 9.47 Å². The fraction of sp³-hybridized carbons (Fsp3) is 0.435. The zero-order chi connectivity index (χ0) is 45.0. The van der Waals surface area contributed by atoms with Crippen LogP contribution in [0.25, 0.3) is 0 Å². The average Bonchev–Trinajstić information content (AvgIpc) is 3.29. The van der Waals surface area contributed by atoms with Gasteiger partial charge >= 0.3 is 35.8 Å². The highest BCUT2D eigenvalue weighted by molar-refractivity contribution is 5.90. The molecule has 3 rings (SSSR count). The maximum Gasteiger partial charge on any atom is 0.338 e. The summed E-state index contributed by atoms with van der Waals surface area (Å²) in [5, 5.41) is 0. The second-order valence-corrected chi connectivity index (χ2v) is 13.7. The fourth-order valence-corrected chi connectivity index (χ4v) is 5.62. The minimum atomic E-state index is -0.723. The first kappa shape index (κ1) is 50.1. The molecule has 0 amide bonds. The number of hydrogen-bond donors (Lipinski definition) is 0. The summed E-state index contributed by atoms with van der Waals surface area (Å²) < 4.78 is 54.8. The van der Waals surface area contributed by atoms with Gasteiger partial charge in [-0.05, 0) is 99.9 Å². The molecule has 0 aromatic heterocycles. The molecule has 62 heavy (non-hydrogen) atoms. The summed E-state index contributed by atoms with van der Waals surface area (Å²) in [6.45, 7) is 14.8. The van der Waals surface area contributed by atoms with Crippen LogP contribution in [0.4, 0.5) is 0 Å². The first-order valence-corrected chi connectivity index (χ1v) is 20.3. The van der Waals surface area contributed by atoms with E-state index >= 15 is 0 Å². The number of carbonyl (C=O) groups excluding carboxylic acids is 6. The first-order chi connectivity index (χ1) is 30.0. The van der Waals surface area contributed by atoms with Gasteiger partial charge in [0.15, 0.2) is 12.2 Å². The third-order valence-electron chi connectivity index (χ3n) is 8.91. The molecule has 2 aromatic carbocycles. The van der Waals surface area contributed by atoms with E-state index in [1.807, 2.05) is 0 Å². The molecule has 0 N–H and O–H groups in total. The third kappa shape index (κ3) is 20.3. The zero-order valence-electron chi connectivity index (χ0n) is 34.9. The van der Waals surface area contributed by atoms with E-state index in [4.69, 9.17) is 47.4 Å². The van der Waals surface area contributed by atoms with Crippen LogP contribution in [-0.2, 0) is 57.1 Å². The molecule has 16 heteroatoms. The van der Waals surface area contributed by atoms with Crippen molar-refractivity contribution in [3.63, 3.8) is 0 Å². The van der Waals surface area contributed by atoms with E-state index in [1.165, 1.54) is 0 Å². The Balaban J connectivity index is 1.36. The highest BCUT2D eigenvalue weighted by Crippen LogP contribution is 2.26. The standard InChI is InChI=1S/C46H56O16/c1-5-41(47)55-27-11-9-25-53-29-39(59-43(49)7-3)31-57-35-17-13-33(14-18-35)45(51)61-37-21-23-38(24-22-37)62-46(52)34-15-19-36(20-16-34)58-32-40(60-44(50)8-4)30-54-26-10-12-28-56-42(48)6-2/h5-8,13-20,37-40H,1-4,9-12,21-32H2. The lowest BCUT2D eigenvalue weighted by Crippen LogP contribution is -2.30. The number of esters is 6. The number of ether oxygens (including phenoxy) is 10. The molecule has 1 aliphatic rings. The highest BCUT2D eigenvalue weighted by atomic mass is 16.6. The predicted molar refractivity (Wildman–Crippen MR) is 223 cm³/mol. The Labute approximate surface area is 361 Å². The molecular formula is C46H56O16. The van der Waals surface area contributed by atoms with Crippen LogP contribution in [0.1, 0.15) is 72.1 Å². The monoisotopic (exact) mass is 864 g/mol. The van der Waals surface area contributed by atoms with Gasteiger partial charge in [0.05, 0.1) is 37.6 Å². The van der Waals surface area contributed by atoms with Crippen molar-refractivity contribution in [2.24, 2.45) is 0 Å². The summed E-state index contributed by atoms with van der Waals surface area (Å²) in [4.78, 5) is 71.7. The molecule has 2 unspecified atom stereocenters. The molecule has 1 saturated carbocycles. The Morgan fingerprint density at radius 2 is 0.823 bits per heavy atom. The van der Waals surface area contributed by atoms with Crippen LogP contribution in [0.15, 0.2) is 99.2 Å². The van der Waals surface area contributed by atoms with Crippen molar-refractivity contribution in [2.45, 2.75) is 75.8 Å². The Morgan fingerprint density at radius 3 is 1.16 bits per heavy atom. The number of hydrogen-bond acceptors (Lipinski definition) is 16. The second kappa shape index (κ2) is 29.1. The summed E-state index contributed by atoms with van der Waals surface area (Å²) in [6.07, 6.45) is 6.64. The molecule has 0 bridgehead atoms. The van der Waals surface area contributed by atoms with Crippen molar-refractivity contribution in [3.8, 4) is 11.5 Å². The van der Waals surface area contributed by atoms with E-state index in [1.54, 1.807) is 48.5 Å². The first-order valence-electron chi connectivity index (χ1n) is 20.3. The van der Waals surface area contributed by atoms with E-state index in [9.17, 15) is 28.8 Å². The topological polar surface area (TPSA) is 195 Å². The van der Waals surface area contributed by atoms with Crippen molar-refractivity contribution in [3.05, 3.63) is 110 Å². The van der Waals surface area contributed by atoms with Crippen molar-refractivity contribution in [1.82, 2.24) is 0 Å². The SMILES string of the molecule is C=CC(=O)OCCCCOCC(COc1ccc(C(=O)OC2CCC(OC(=O)c3ccc(OCC(COCCCCOC(=O)C=C)OC(=O)C=C)cc3)CC2)cc1)OC(=O)C=C. The molecule has 1 aliphatic carbocycles. The van der Waals surface area contributed by atoms with Crippen LogP contribution in [-0.4, -0.2) is 113 Å². The van der Waals surface area contributed by atoms with Gasteiger partial charge in [0.25, 0.3) is 0 Å². The zero-order valence-corrected chi connectivity index (χ0v) is 34.9. The Bertz CT molecular complexity index is 1630. The van der Waals surface area contributed by atoms with E-state index in [-0.39, 0.29) is 51.8 Å². The van der Waals surface area contributed by atoms with E-state index < -0.39 is 48.0 Å². The molecule has 16 nitrogen and oxygen atoms in total. The summed E-state index contributed by atoms with van der Waals surface area (Å²) in [5.74, 6) is -2.35. The summed E-state index contributed by atoms with van der Waals surface area (Å²) >= 11 is 0. The van der Waals surface area contributed by atoms with E-state index in [0.29, 0.717) is 87.2 Å². The number of carbonyl (C=O) groups is 6. The lowest BCUT2D eigenvalue weighted by Gasteiger charge is -2.28. The van der Waals surface area contributed by atoms with Crippen LogP contribution >= 0.6 is 0 Å². The van der Waals surface area contributed by atoms with E-state index in [0.717, 1.165) is 24.3 Å². The van der Waals surface area contributed by atoms with Crippen molar-refractivity contribution in [1.29, 1.82) is 0 Å². The molecule has 0 spiro atoms. The summed E-state index contributed by atoms with van der Waals surface area (Å²) in [7, 11) is 0. The van der Waals surface area contributed by atoms with Crippen LogP contribution in [0.2, 0.25) is 0 Å². The molecule has 0 heterocycles. The Hall–Kier alpha value is -6.26. The molecular weight excluding hydrogens is 808 g/mol. The number of benzene rings is 2. The minimum absolute atomic E-state index is 0.00996. The highest BCUT2D eigenvalue weighted by Gasteiger charge is 2.27. The fourth-order valence-electron chi connectivity index (χ4n) is 5.62. The molecule has 0 aliphatic heterocycles. The molecule has 2 aromatic rings.